The second-order valence-electron chi connectivity index (χ2n) is 3.35. The maximum Gasteiger partial charge on any atom is 0.185 e. The molecule has 4 heteroatoms. The molecule has 0 saturated heterocycles. The van der Waals surface area contributed by atoms with Gasteiger partial charge in [-0.1, -0.05) is 0 Å². The van der Waals surface area contributed by atoms with Crippen LogP contribution in [0.25, 0.3) is 11.3 Å². The minimum Gasteiger partial charge on any atom is -0.496 e. The first-order valence-electron chi connectivity index (χ1n) is 4.92. The summed E-state index contributed by atoms with van der Waals surface area (Å²) in [7, 11) is 1.54. The number of carbonyl (C=O) groups excluding carboxylic acids is 1. The molecule has 0 radical (unpaired) electrons. The summed E-state index contributed by atoms with van der Waals surface area (Å²) in [5.74, 6) is 1.33. The maximum atomic E-state index is 10.6. The Morgan fingerprint density at radius 2 is 2.18 bits per heavy atom. The van der Waals surface area contributed by atoms with Gasteiger partial charge in [-0.2, -0.15) is 5.26 Å². The molecule has 2 rings (SSSR count). The first-order valence-corrected chi connectivity index (χ1v) is 4.92. The molecule has 0 bridgehead atoms. The van der Waals surface area contributed by atoms with E-state index in [9.17, 15) is 4.79 Å². The van der Waals surface area contributed by atoms with Gasteiger partial charge in [0, 0.05) is 0 Å². The lowest BCUT2D eigenvalue weighted by atomic mass is 10.1. The summed E-state index contributed by atoms with van der Waals surface area (Å²) in [5, 5.41) is 8.85. The standard InChI is InChI=1S/C13H9NO3/c1-16-12-4-2-9(7-14)6-11(12)13-5-3-10(8-15)17-13/h2-6,8H,1H3. The number of nitrogens with zero attached hydrogens (tertiary/aromatic N) is 1. The molecule has 17 heavy (non-hydrogen) atoms. The van der Waals surface area contributed by atoms with Crippen LogP contribution in [0.15, 0.2) is 34.7 Å². The monoisotopic (exact) mass is 227 g/mol. The smallest absolute Gasteiger partial charge is 0.185 e. The topological polar surface area (TPSA) is 63.2 Å². The molecule has 0 atom stereocenters. The molecule has 0 amide bonds. The number of rotatable bonds is 3. The third kappa shape index (κ3) is 2.04. The van der Waals surface area contributed by atoms with Gasteiger partial charge in [-0.05, 0) is 30.3 Å². The van der Waals surface area contributed by atoms with E-state index in [4.69, 9.17) is 14.4 Å². The highest BCUT2D eigenvalue weighted by atomic mass is 16.5. The highest BCUT2D eigenvalue weighted by Crippen LogP contribution is 2.31. The SMILES string of the molecule is COc1ccc(C#N)cc1-c1ccc(C=O)o1. The van der Waals surface area contributed by atoms with E-state index in [-0.39, 0.29) is 5.76 Å². The molecule has 0 spiro atoms. The molecule has 1 aromatic heterocycles. The molecule has 0 aliphatic rings. The van der Waals surface area contributed by atoms with Crippen molar-refractivity contribution in [2.24, 2.45) is 0 Å². The Kier molecular flexibility index (Phi) is 2.93. The lowest BCUT2D eigenvalue weighted by Gasteiger charge is -2.05. The van der Waals surface area contributed by atoms with Crippen molar-refractivity contribution in [1.29, 1.82) is 5.26 Å². The van der Waals surface area contributed by atoms with Crippen LogP contribution in [-0.2, 0) is 0 Å². The van der Waals surface area contributed by atoms with Crippen LogP contribution in [0.3, 0.4) is 0 Å². The molecular formula is C13H9NO3. The largest absolute Gasteiger partial charge is 0.496 e. The Labute approximate surface area is 98.0 Å². The lowest BCUT2D eigenvalue weighted by molar-refractivity contribution is 0.110. The van der Waals surface area contributed by atoms with Crippen LogP contribution in [0.1, 0.15) is 16.1 Å². The number of hydrogen-bond donors (Lipinski definition) is 0. The van der Waals surface area contributed by atoms with Crippen LogP contribution in [-0.4, -0.2) is 13.4 Å². The molecule has 0 unspecified atom stereocenters. The molecule has 2 aromatic rings. The van der Waals surface area contributed by atoms with Crippen molar-refractivity contribution >= 4 is 6.29 Å². The number of carbonyl (C=O) groups is 1. The summed E-state index contributed by atoms with van der Waals surface area (Å²) in [6.07, 6.45) is 0.629. The Balaban J connectivity index is 2.56. The summed E-state index contributed by atoms with van der Waals surface area (Å²) in [4.78, 5) is 10.6. The van der Waals surface area contributed by atoms with Crippen LogP contribution in [0.2, 0.25) is 0 Å². The minimum atomic E-state index is 0.240. The van der Waals surface area contributed by atoms with Crippen molar-refractivity contribution < 1.29 is 13.9 Å². The highest BCUT2D eigenvalue weighted by Gasteiger charge is 2.11. The Morgan fingerprint density at radius 3 is 2.76 bits per heavy atom. The van der Waals surface area contributed by atoms with Crippen molar-refractivity contribution in [3.05, 3.63) is 41.7 Å². The molecular weight excluding hydrogens is 218 g/mol. The van der Waals surface area contributed by atoms with Crippen LogP contribution in [0.5, 0.6) is 5.75 Å². The number of methoxy groups -OCH3 is 1. The fourth-order valence-electron chi connectivity index (χ4n) is 1.53. The minimum absolute atomic E-state index is 0.240. The zero-order chi connectivity index (χ0) is 12.3. The van der Waals surface area contributed by atoms with Gasteiger partial charge in [0.25, 0.3) is 0 Å². The summed E-state index contributed by atoms with van der Waals surface area (Å²) < 4.78 is 10.5. The first-order chi connectivity index (χ1) is 8.28. The number of ether oxygens (including phenoxy) is 1. The zero-order valence-corrected chi connectivity index (χ0v) is 9.14. The summed E-state index contributed by atoms with van der Waals surface area (Å²) >= 11 is 0. The number of hydrogen-bond acceptors (Lipinski definition) is 4. The van der Waals surface area contributed by atoms with Crippen molar-refractivity contribution in [3.63, 3.8) is 0 Å². The Morgan fingerprint density at radius 1 is 1.35 bits per heavy atom. The van der Waals surface area contributed by atoms with E-state index < -0.39 is 0 Å². The van der Waals surface area contributed by atoms with Gasteiger partial charge in [0.2, 0.25) is 0 Å². The van der Waals surface area contributed by atoms with E-state index in [2.05, 4.69) is 0 Å². The summed E-state index contributed by atoms with van der Waals surface area (Å²) in [6, 6.07) is 10.3. The van der Waals surface area contributed by atoms with Crippen molar-refractivity contribution in [3.8, 4) is 23.1 Å². The Bertz CT molecular complexity index is 593. The number of nitriles is 1. The van der Waals surface area contributed by atoms with Gasteiger partial charge in [-0.3, -0.25) is 4.79 Å². The van der Waals surface area contributed by atoms with E-state index in [1.165, 1.54) is 7.11 Å². The molecule has 0 aliphatic heterocycles. The van der Waals surface area contributed by atoms with E-state index in [1.807, 2.05) is 6.07 Å². The average Bonchev–Trinajstić information content (AvgIpc) is 2.86. The predicted molar refractivity (Wildman–Crippen MR) is 60.8 cm³/mol. The van der Waals surface area contributed by atoms with Crippen LogP contribution in [0.4, 0.5) is 0 Å². The van der Waals surface area contributed by atoms with Gasteiger partial charge in [-0.15, -0.1) is 0 Å². The maximum absolute atomic E-state index is 10.6. The molecule has 0 N–H and O–H groups in total. The molecule has 0 aliphatic carbocycles. The van der Waals surface area contributed by atoms with Gasteiger partial charge in [-0.25, -0.2) is 0 Å². The molecule has 1 aromatic carbocycles. The van der Waals surface area contributed by atoms with Crippen LogP contribution < -0.4 is 4.74 Å². The lowest BCUT2D eigenvalue weighted by Crippen LogP contribution is -1.88. The second-order valence-corrected chi connectivity index (χ2v) is 3.35. The molecule has 84 valence electrons. The normalized spacial score (nSPS) is 9.65. The van der Waals surface area contributed by atoms with Gasteiger partial charge in [0.05, 0.1) is 24.3 Å². The fraction of sp³-hybridized carbons (Fsp3) is 0.0769. The zero-order valence-electron chi connectivity index (χ0n) is 9.14. The van der Waals surface area contributed by atoms with Crippen LogP contribution in [0, 0.1) is 11.3 Å². The average molecular weight is 227 g/mol. The number of aldehydes is 1. The summed E-state index contributed by atoms with van der Waals surface area (Å²) in [5.41, 5.74) is 1.16. The first kappa shape index (κ1) is 11.0. The van der Waals surface area contributed by atoms with Crippen molar-refractivity contribution in [2.45, 2.75) is 0 Å². The molecule has 0 fully saturated rings. The summed E-state index contributed by atoms with van der Waals surface area (Å²) in [6.45, 7) is 0. The highest BCUT2D eigenvalue weighted by molar-refractivity contribution is 5.74. The predicted octanol–water partition coefficient (Wildman–Crippen LogP) is 2.64. The van der Waals surface area contributed by atoms with Crippen molar-refractivity contribution in [1.82, 2.24) is 0 Å². The van der Waals surface area contributed by atoms with Gasteiger partial charge >= 0.3 is 0 Å². The fourth-order valence-corrected chi connectivity index (χ4v) is 1.53. The van der Waals surface area contributed by atoms with E-state index in [0.29, 0.717) is 28.9 Å². The van der Waals surface area contributed by atoms with Gasteiger partial charge in [0.15, 0.2) is 12.0 Å². The number of furan rings is 1. The Hall–Kier alpha value is -2.54. The van der Waals surface area contributed by atoms with E-state index in [0.717, 1.165) is 0 Å². The van der Waals surface area contributed by atoms with E-state index >= 15 is 0 Å². The molecule has 4 nitrogen and oxygen atoms in total. The third-order valence-corrected chi connectivity index (χ3v) is 2.34. The van der Waals surface area contributed by atoms with Gasteiger partial charge in [0.1, 0.15) is 11.5 Å². The van der Waals surface area contributed by atoms with E-state index in [1.54, 1.807) is 30.3 Å². The van der Waals surface area contributed by atoms with Gasteiger partial charge < -0.3 is 9.15 Å². The quantitative estimate of drug-likeness (QED) is 0.756. The van der Waals surface area contributed by atoms with Crippen LogP contribution >= 0.6 is 0 Å². The second kappa shape index (κ2) is 4.54. The van der Waals surface area contributed by atoms with Crippen molar-refractivity contribution in [2.75, 3.05) is 7.11 Å². The number of benzene rings is 1. The third-order valence-electron chi connectivity index (χ3n) is 2.34. The molecule has 0 saturated carbocycles. The molecule has 1 heterocycles.